The van der Waals surface area contributed by atoms with Gasteiger partial charge in [0.05, 0.1) is 18.5 Å². The molecule has 2 amide bonds. The van der Waals surface area contributed by atoms with E-state index in [0.29, 0.717) is 11.8 Å². The van der Waals surface area contributed by atoms with E-state index in [2.05, 4.69) is 16.0 Å². The molecular weight excluding hydrogens is 347 g/mol. The van der Waals surface area contributed by atoms with Crippen molar-refractivity contribution in [1.82, 2.24) is 20.9 Å². The summed E-state index contributed by atoms with van der Waals surface area (Å²) in [4.78, 5) is 26.6. The number of halogens is 1. The molecular formula is C20H27FN4O2. The molecule has 0 radical (unpaired) electrons. The monoisotopic (exact) mass is 374 g/mol. The second kappa shape index (κ2) is 7.20. The highest BCUT2D eigenvalue weighted by Gasteiger charge is 2.38. The summed E-state index contributed by atoms with van der Waals surface area (Å²) in [6.45, 7) is 0. The molecule has 6 nitrogen and oxygen atoms in total. The Hall–Kier alpha value is -1.99. The predicted molar refractivity (Wildman–Crippen MR) is 99.1 cm³/mol. The number of benzene rings is 1. The summed E-state index contributed by atoms with van der Waals surface area (Å²) < 4.78 is 14.5. The second-order valence-electron chi connectivity index (χ2n) is 8.24. The lowest BCUT2D eigenvalue weighted by molar-refractivity contribution is -0.134. The van der Waals surface area contributed by atoms with Crippen molar-refractivity contribution in [2.75, 3.05) is 14.1 Å². The summed E-state index contributed by atoms with van der Waals surface area (Å²) in [5.74, 6) is 0.163. The maximum atomic E-state index is 14.5. The van der Waals surface area contributed by atoms with Crippen LogP contribution in [0.2, 0.25) is 0 Å². The van der Waals surface area contributed by atoms with Gasteiger partial charge in [-0.1, -0.05) is 12.1 Å². The fourth-order valence-corrected chi connectivity index (χ4v) is 3.75. The minimum absolute atomic E-state index is 0.0997. The lowest BCUT2D eigenvalue weighted by Gasteiger charge is -2.35. The lowest BCUT2D eigenvalue weighted by Crippen LogP contribution is -2.65. The second-order valence-corrected chi connectivity index (χ2v) is 8.24. The maximum Gasteiger partial charge on any atom is 0.238 e. The topological polar surface area (TPSA) is 73.5 Å². The van der Waals surface area contributed by atoms with Crippen LogP contribution in [0.25, 0.3) is 0 Å². The van der Waals surface area contributed by atoms with Gasteiger partial charge in [0.15, 0.2) is 0 Å². The van der Waals surface area contributed by atoms with E-state index in [1.54, 1.807) is 6.07 Å². The van der Waals surface area contributed by atoms with Gasteiger partial charge in [-0.15, -0.1) is 0 Å². The summed E-state index contributed by atoms with van der Waals surface area (Å²) >= 11 is 0. The third-order valence-electron chi connectivity index (χ3n) is 5.67. The molecule has 2 unspecified atom stereocenters. The first-order valence-electron chi connectivity index (χ1n) is 9.74. The maximum absolute atomic E-state index is 14.5. The normalized spacial score (nSPS) is 26.6. The van der Waals surface area contributed by atoms with Crippen molar-refractivity contribution in [1.29, 1.82) is 0 Å². The molecule has 1 aliphatic heterocycles. The van der Waals surface area contributed by atoms with Crippen molar-refractivity contribution >= 4 is 11.8 Å². The van der Waals surface area contributed by atoms with Gasteiger partial charge in [-0.25, -0.2) is 4.39 Å². The Morgan fingerprint density at radius 3 is 2.59 bits per heavy atom. The zero-order valence-corrected chi connectivity index (χ0v) is 15.8. The van der Waals surface area contributed by atoms with Gasteiger partial charge in [-0.3, -0.25) is 19.8 Å². The van der Waals surface area contributed by atoms with E-state index in [1.165, 1.54) is 0 Å². The molecule has 1 heterocycles. The Bertz CT molecular complexity index is 745. The number of amides is 2. The van der Waals surface area contributed by atoms with Crippen molar-refractivity contribution < 1.29 is 14.0 Å². The molecule has 2 saturated carbocycles. The smallest absolute Gasteiger partial charge is 0.238 e. The Balaban J connectivity index is 1.47. The van der Waals surface area contributed by atoms with Crippen LogP contribution in [0, 0.1) is 11.7 Å². The Morgan fingerprint density at radius 1 is 1.26 bits per heavy atom. The molecule has 4 rings (SSSR count). The molecule has 146 valence electrons. The summed E-state index contributed by atoms with van der Waals surface area (Å²) in [7, 11) is 3.66. The largest absolute Gasteiger partial charge is 0.348 e. The number of carbonyl (C=O) groups excluding carboxylic acids is 2. The van der Waals surface area contributed by atoms with E-state index in [1.807, 2.05) is 31.1 Å². The highest BCUT2D eigenvalue weighted by Crippen LogP contribution is 2.44. The van der Waals surface area contributed by atoms with Gasteiger partial charge in [0.25, 0.3) is 0 Å². The van der Waals surface area contributed by atoms with Gasteiger partial charge in [0, 0.05) is 0 Å². The highest BCUT2D eigenvalue weighted by atomic mass is 19.1. The molecule has 0 bridgehead atoms. The fourth-order valence-electron chi connectivity index (χ4n) is 3.75. The van der Waals surface area contributed by atoms with E-state index in [-0.39, 0.29) is 36.4 Å². The molecule has 3 N–H and O–H groups in total. The minimum Gasteiger partial charge on any atom is -0.348 e. The number of nitrogens with one attached hydrogen (secondary N) is 3. The Kier molecular flexibility index (Phi) is 4.90. The van der Waals surface area contributed by atoms with E-state index in [4.69, 9.17) is 0 Å². The minimum atomic E-state index is -0.594. The van der Waals surface area contributed by atoms with Gasteiger partial charge in [0.2, 0.25) is 11.8 Å². The van der Waals surface area contributed by atoms with E-state index in [0.717, 1.165) is 36.8 Å². The molecule has 0 aromatic heterocycles. The molecule has 0 spiro atoms. The van der Waals surface area contributed by atoms with Crippen molar-refractivity contribution in [3.63, 3.8) is 0 Å². The van der Waals surface area contributed by atoms with Crippen LogP contribution < -0.4 is 16.0 Å². The lowest BCUT2D eigenvalue weighted by atomic mass is 9.98. The summed E-state index contributed by atoms with van der Waals surface area (Å²) in [5.41, 5.74) is 1.61. The molecule has 3 aliphatic rings. The average Bonchev–Trinajstić information content (AvgIpc) is 3.52. The number of carbonyl (C=O) groups is 2. The quantitative estimate of drug-likeness (QED) is 0.707. The first kappa shape index (κ1) is 18.4. The number of rotatable bonds is 6. The van der Waals surface area contributed by atoms with Crippen LogP contribution in [-0.4, -0.2) is 43.1 Å². The predicted octanol–water partition coefficient (Wildman–Crippen LogP) is 1.59. The third-order valence-corrected chi connectivity index (χ3v) is 5.67. The van der Waals surface area contributed by atoms with Gasteiger partial charge in [0.1, 0.15) is 12.1 Å². The zero-order chi connectivity index (χ0) is 19.1. The van der Waals surface area contributed by atoms with Crippen molar-refractivity contribution in [2.24, 2.45) is 5.92 Å². The average molecular weight is 374 g/mol. The van der Waals surface area contributed by atoms with Crippen LogP contribution in [-0.2, 0) is 9.59 Å². The standard InChI is InChI=1S/C20H27FN4O2/c1-25(2)20-22-16(10-17(26)23-20)19(27)24-18(12-5-6-12)13-7-8-14(11-3-4-11)15(21)9-13/h7-9,11-12,16,18,20,22H,3-6,10H2,1-2H3,(H,23,26)(H,24,27)/t16?,18-,20?/m1/s1. The molecule has 1 aromatic carbocycles. The number of hydrogen-bond donors (Lipinski definition) is 3. The molecule has 1 aromatic rings. The van der Waals surface area contributed by atoms with Gasteiger partial charge in [-0.2, -0.15) is 0 Å². The zero-order valence-electron chi connectivity index (χ0n) is 15.8. The van der Waals surface area contributed by atoms with Gasteiger partial charge < -0.3 is 10.6 Å². The number of hydrogen-bond acceptors (Lipinski definition) is 4. The summed E-state index contributed by atoms with van der Waals surface area (Å²) in [5, 5.41) is 9.02. The summed E-state index contributed by atoms with van der Waals surface area (Å²) in [6, 6.07) is 4.61. The molecule has 7 heteroatoms. The Morgan fingerprint density at radius 2 is 2.00 bits per heavy atom. The van der Waals surface area contributed by atoms with Crippen LogP contribution in [0.15, 0.2) is 18.2 Å². The van der Waals surface area contributed by atoms with Gasteiger partial charge >= 0.3 is 0 Å². The number of nitrogens with zero attached hydrogens (tertiary/aromatic N) is 1. The van der Waals surface area contributed by atoms with E-state index in [9.17, 15) is 14.0 Å². The van der Waals surface area contributed by atoms with Gasteiger partial charge in [-0.05, 0) is 68.8 Å². The van der Waals surface area contributed by atoms with Crippen LogP contribution in [0.4, 0.5) is 4.39 Å². The van der Waals surface area contributed by atoms with Crippen LogP contribution in [0.5, 0.6) is 0 Å². The van der Waals surface area contributed by atoms with Crippen LogP contribution >= 0.6 is 0 Å². The highest BCUT2D eigenvalue weighted by molar-refractivity contribution is 5.89. The van der Waals surface area contributed by atoms with E-state index < -0.39 is 6.04 Å². The van der Waals surface area contributed by atoms with Crippen molar-refractivity contribution in [3.8, 4) is 0 Å². The fraction of sp³-hybridized carbons (Fsp3) is 0.600. The molecule has 3 fully saturated rings. The van der Waals surface area contributed by atoms with Crippen molar-refractivity contribution in [3.05, 3.63) is 35.1 Å². The van der Waals surface area contributed by atoms with E-state index >= 15 is 0 Å². The molecule has 3 atom stereocenters. The molecule has 2 aliphatic carbocycles. The summed E-state index contributed by atoms with van der Waals surface area (Å²) in [6.07, 6.45) is 3.88. The SMILES string of the molecule is CN(C)C1NC(=O)CC(C(=O)N[C@@H](c2ccc(C3CC3)c(F)c2)C2CC2)N1. The first-order chi connectivity index (χ1) is 12.9. The van der Waals surface area contributed by atoms with Crippen LogP contribution in [0.3, 0.4) is 0 Å². The van der Waals surface area contributed by atoms with Crippen LogP contribution in [0.1, 0.15) is 55.2 Å². The van der Waals surface area contributed by atoms with Crippen molar-refractivity contribution in [2.45, 2.75) is 56.4 Å². The Labute approximate surface area is 158 Å². The first-order valence-corrected chi connectivity index (χ1v) is 9.74. The molecule has 1 saturated heterocycles. The molecule has 27 heavy (non-hydrogen) atoms. The third kappa shape index (κ3) is 4.14.